The van der Waals surface area contributed by atoms with Gasteiger partial charge in [-0.05, 0) is 35.8 Å². The molecule has 0 saturated carbocycles. The van der Waals surface area contributed by atoms with Crippen molar-refractivity contribution in [2.75, 3.05) is 20.2 Å². The van der Waals surface area contributed by atoms with E-state index in [2.05, 4.69) is 46.3 Å². The lowest BCUT2D eigenvalue weighted by Crippen LogP contribution is -2.27. The van der Waals surface area contributed by atoms with Gasteiger partial charge in [0, 0.05) is 42.3 Å². The molecule has 0 saturated heterocycles. The minimum absolute atomic E-state index is 0.300. The molecule has 0 aliphatic carbocycles. The van der Waals surface area contributed by atoms with Crippen LogP contribution in [-0.4, -0.2) is 36.1 Å². The summed E-state index contributed by atoms with van der Waals surface area (Å²) in [5, 5.41) is 1.08. The second kappa shape index (κ2) is 7.18. The number of benzene rings is 2. The fraction of sp³-hybridized carbons (Fsp3) is 0.227. The smallest absolute Gasteiger partial charge is 0.337 e. The lowest BCUT2D eigenvalue weighted by Gasteiger charge is -2.26. The van der Waals surface area contributed by atoms with Crippen LogP contribution in [0.4, 0.5) is 0 Å². The predicted octanol–water partition coefficient (Wildman–Crippen LogP) is 4.24. The van der Waals surface area contributed by atoms with Gasteiger partial charge >= 0.3 is 5.97 Å². The van der Waals surface area contributed by atoms with Crippen LogP contribution in [0, 0.1) is 0 Å². The number of nitrogens with one attached hydrogen (secondary N) is 1. The summed E-state index contributed by atoms with van der Waals surface area (Å²) >= 11 is 0. The molecule has 26 heavy (non-hydrogen) atoms. The monoisotopic (exact) mass is 346 g/mol. The van der Waals surface area contributed by atoms with Crippen molar-refractivity contribution in [1.82, 2.24) is 9.88 Å². The third kappa shape index (κ3) is 3.28. The number of ether oxygens (including phenoxy) is 1. The van der Waals surface area contributed by atoms with Crippen LogP contribution >= 0.6 is 0 Å². The zero-order valence-electron chi connectivity index (χ0n) is 14.9. The average Bonchev–Trinajstić information content (AvgIpc) is 3.12. The van der Waals surface area contributed by atoms with Gasteiger partial charge in [0.15, 0.2) is 0 Å². The number of fused-ring (bicyclic) bond motifs is 1. The highest BCUT2D eigenvalue weighted by Crippen LogP contribution is 2.30. The van der Waals surface area contributed by atoms with Crippen molar-refractivity contribution in [2.45, 2.75) is 13.0 Å². The zero-order valence-corrected chi connectivity index (χ0v) is 14.9. The fourth-order valence-electron chi connectivity index (χ4n) is 3.57. The summed E-state index contributed by atoms with van der Waals surface area (Å²) < 4.78 is 4.85. The van der Waals surface area contributed by atoms with Crippen molar-refractivity contribution in [1.29, 1.82) is 0 Å². The van der Waals surface area contributed by atoms with Crippen LogP contribution in [0.5, 0.6) is 0 Å². The Hall–Kier alpha value is -2.85. The molecule has 2 heterocycles. The minimum atomic E-state index is -0.300. The molecule has 4 nitrogen and oxygen atoms in total. The number of methoxy groups -OCH3 is 1. The highest BCUT2D eigenvalue weighted by molar-refractivity contribution is 5.99. The van der Waals surface area contributed by atoms with E-state index >= 15 is 0 Å². The first-order chi connectivity index (χ1) is 12.7. The second-order valence-corrected chi connectivity index (χ2v) is 6.65. The summed E-state index contributed by atoms with van der Waals surface area (Å²) in [7, 11) is 1.41. The van der Waals surface area contributed by atoms with Crippen LogP contribution < -0.4 is 0 Å². The number of hydrogen-bond donors (Lipinski definition) is 1. The molecular weight excluding hydrogens is 324 g/mol. The van der Waals surface area contributed by atoms with Gasteiger partial charge in [-0.1, -0.05) is 36.4 Å². The zero-order chi connectivity index (χ0) is 17.9. The largest absolute Gasteiger partial charge is 0.465 e. The van der Waals surface area contributed by atoms with Gasteiger partial charge in [0.25, 0.3) is 0 Å². The Morgan fingerprint density at radius 1 is 1.19 bits per heavy atom. The normalized spacial score (nSPS) is 15.0. The van der Waals surface area contributed by atoms with Crippen molar-refractivity contribution in [2.24, 2.45) is 0 Å². The first-order valence-corrected chi connectivity index (χ1v) is 8.90. The van der Waals surface area contributed by atoms with Gasteiger partial charge in [-0.3, -0.25) is 4.90 Å². The molecule has 4 heteroatoms. The summed E-state index contributed by atoms with van der Waals surface area (Å²) in [6.45, 7) is 2.95. The van der Waals surface area contributed by atoms with E-state index in [-0.39, 0.29) is 5.97 Å². The third-order valence-corrected chi connectivity index (χ3v) is 4.99. The standard InChI is InChI=1S/C22H22N2O2/c1-26-22(25)18-7-8-21-19(13-18)20(14-23-21)17-9-11-24(12-10-17)15-16-5-3-2-4-6-16/h2-9,13-14,23H,10-12,15H2,1H3. The summed E-state index contributed by atoms with van der Waals surface area (Å²) in [6.07, 6.45) is 5.35. The van der Waals surface area contributed by atoms with Crippen molar-refractivity contribution in [3.05, 3.63) is 77.5 Å². The lowest BCUT2D eigenvalue weighted by molar-refractivity contribution is 0.0601. The molecule has 0 spiro atoms. The SMILES string of the molecule is COC(=O)c1ccc2[nH]cc(C3=CCN(Cc4ccccc4)CC3)c2c1. The summed E-state index contributed by atoms with van der Waals surface area (Å²) in [6, 6.07) is 16.2. The number of aromatic amines is 1. The minimum Gasteiger partial charge on any atom is -0.465 e. The molecule has 1 aromatic heterocycles. The van der Waals surface area contributed by atoms with Gasteiger partial charge in [-0.25, -0.2) is 4.79 Å². The average molecular weight is 346 g/mol. The molecule has 1 aliphatic heterocycles. The van der Waals surface area contributed by atoms with Crippen LogP contribution in [0.3, 0.4) is 0 Å². The molecule has 132 valence electrons. The number of carbonyl (C=O) groups is 1. The molecule has 3 aromatic rings. The first-order valence-electron chi connectivity index (χ1n) is 8.90. The number of aromatic nitrogens is 1. The van der Waals surface area contributed by atoms with Crippen molar-refractivity contribution >= 4 is 22.4 Å². The van der Waals surface area contributed by atoms with Crippen molar-refractivity contribution in [3.8, 4) is 0 Å². The lowest BCUT2D eigenvalue weighted by atomic mass is 9.97. The van der Waals surface area contributed by atoms with Crippen LogP contribution in [0.2, 0.25) is 0 Å². The number of nitrogens with zero attached hydrogens (tertiary/aromatic N) is 1. The van der Waals surface area contributed by atoms with E-state index in [0.717, 1.165) is 37.0 Å². The van der Waals surface area contributed by atoms with E-state index in [1.54, 1.807) is 6.07 Å². The molecule has 0 unspecified atom stereocenters. The van der Waals surface area contributed by atoms with Gasteiger partial charge in [-0.15, -0.1) is 0 Å². The maximum absolute atomic E-state index is 11.8. The fourth-order valence-corrected chi connectivity index (χ4v) is 3.57. The molecule has 0 fully saturated rings. The molecule has 1 N–H and O–H groups in total. The maximum atomic E-state index is 11.8. The van der Waals surface area contributed by atoms with E-state index in [0.29, 0.717) is 5.56 Å². The number of hydrogen-bond acceptors (Lipinski definition) is 3. The topological polar surface area (TPSA) is 45.3 Å². The number of rotatable bonds is 4. The Balaban J connectivity index is 1.55. The van der Waals surface area contributed by atoms with Gasteiger partial charge < -0.3 is 9.72 Å². The van der Waals surface area contributed by atoms with E-state index in [1.807, 2.05) is 18.3 Å². The molecule has 0 atom stereocenters. The van der Waals surface area contributed by atoms with Gasteiger partial charge in [0.05, 0.1) is 12.7 Å². The second-order valence-electron chi connectivity index (χ2n) is 6.65. The Bertz CT molecular complexity index is 957. The van der Waals surface area contributed by atoms with Crippen LogP contribution in [0.1, 0.15) is 27.9 Å². The third-order valence-electron chi connectivity index (χ3n) is 4.99. The molecule has 0 radical (unpaired) electrons. The maximum Gasteiger partial charge on any atom is 0.337 e. The molecule has 0 amide bonds. The van der Waals surface area contributed by atoms with Crippen LogP contribution in [-0.2, 0) is 11.3 Å². The molecule has 1 aliphatic rings. The van der Waals surface area contributed by atoms with E-state index in [4.69, 9.17) is 4.74 Å². The van der Waals surface area contributed by atoms with Crippen molar-refractivity contribution < 1.29 is 9.53 Å². The molecular formula is C22H22N2O2. The Morgan fingerprint density at radius 3 is 2.77 bits per heavy atom. The predicted molar refractivity (Wildman–Crippen MR) is 104 cm³/mol. The van der Waals surface area contributed by atoms with Gasteiger partial charge in [-0.2, -0.15) is 0 Å². The number of esters is 1. The van der Waals surface area contributed by atoms with E-state index in [1.165, 1.54) is 23.8 Å². The first kappa shape index (κ1) is 16.6. The molecule has 0 bridgehead atoms. The van der Waals surface area contributed by atoms with Crippen LogP contribution in [0.25, 0.3) is 16.5 Å². The highest BCUT2D eigenvalue weighted by Gasteiger charge is 2.17. The molecule has 4 rings (SSSR count). The number of H-pyrrole nitrogens is 1. The quantitative estimate of drug-likeness (QED) is 0.719. The molecule has 2 aromatic carbocycles. The Morgan fingerprint density at radius 2 is 2.04 bits per heavy atom. The summed E-state index contributed by atoms with van der Waals surface area (Å²) in [5.74, 6) is -0.300. The van der Waals surface area contributed by atoms with Gasteiger partial charge in [0.2, 0.25) is 0 Å². The Kier molecular flexibility index (Phi) is 4.59. The summed E-state index contributed by atoms with van der Waals surface area (Å²) in [5.41, 5.74) is 5.50. The Labute approximate surface area is 153 Å². The van der Waals surface area contributed by atoms with Crippen LogP contribution in [0.15, 0.2) is 60.8 Å². The summed E-state index contributed by atoms with van der Waals surface area (Å²) in [4.78, 5) is 17.6. The van der Waals surface area contributed by atoms with Gasteiger partial charge in [0.1, 0.15) is 0 Å². The van der Waals surface area contributed by atoms with Crippen molar-refractivity contribution in [3.63, 3.8) is 0 Å². The van der Waals surface area contributed by atoms with E-state index in [9.17, 15) is 4.79 Å². The number of carbonyl (C=O) groups excluding carboxylic acids is 1. The highest BCUT2D eigenvalue weighted by atomic mass is 16.5. The van der Waals surface area contributed by atoms with E-state index < -0.39 is 0 Å².